The molecule has 1 atom stereocenters. The Kier molecular flexibility index (Phi) is 6.72. The van der Waals surface area contributed by atoms with E-state index in [9.17, 15) is 4.79 Å². The Bertz CT molecular complexity index is 475. The maximum absolute atomic E-state index is 10.8. The van der Waals surface area contributed by atoms with Gasteiger partial charge >= 0.3 is 0 Å². The molecule has 0 aliphatic carbocycles. The summed E-state index contributed by atoms with van der Waals surface area (Å²) < 4.78 is 11.1. The van der Waals surface area contributed by atoms with E-state index in [0.717, 1.165) is 25.3 Å². The molecular weight excluding hydrogens is 278 g/mol. The summed E-state index contributed by atoms with van der Waals surface area (Å²) in [6.07, 6.45) is 7.08. The second kappa shape index (κ2) is 8.79. The molecule has 0 aromatic heterocycles. The minimum Gasteiger partial charge on any atom is -0.493 e. The molecule has 1 fully saturated rings. The van der Waals surface area contributed by atoms with Crippen LogP contribution in [0.3, 0.4) is 0 Å². The molecule has 2 rings (SSSR count). The van der Waals surface area contributed by atoms with Crippen LogP contribution in [0, 0.1) is 0 Å². The second-order valence-electron chi connectivity index (χ2n) is 5.82. The maximum Gasteiger partial charge on any atom is 0.161 e. The first-order valence-corrected chi connectivity index (χ1v) is 8.28. The van der Waals surface area contributed by atoms with Crippen LogP contribution in [-0.4, -0.2) is 44.0 Å². The van der Waals surface area contributed by atoms with Crippen LogP contribution in [0.25, 0.3) is 0 Å². The summed E-state index contributed by atoms with van der Waals surface area (Å²) in [6.45, 7) is 5.26. The van der Waals surface area contributed by atoms with Crippen LogP contribution < -0.4 is 9.47 Å². The number of benzene rings is 1. The van der Waals surface area contributed by atoms with E-state index in [1.165, 1.54) is 32.2 Å². The number of nitrogens with zero attached hydrogens (tertiary/aromatic N) is 1. The molecule has 0 bridgehead atoms. The number of methoxy groups -OCH3 is 1. The Morgan fingerprint density at radius 2 is 2.18 bits per heavy atom. The van der Waals surface area contributed by atoms with Crippen LogP contribution in [0.1, 0.15) is 49.4 Å². The van der Waals surface area contributed by atoms with Crippen LogP contribution in [0.2, 0.25) is 0 Å². The SMILES string of the molecule is CC[C@@H]1CCCCN1CCCOc1ccc(C=O)cc1OC. The van der Waals surface area contributed by atoms with E-state index < -0.39 is 0 Å². The van der Waals surface area contributed by atoms with Crippen LogP contribution >= 0.6 is 0 Å². The number of rotatable bonds is 8. The number of hydrogen-bond acceptors (Lipinski definition) is 4. The van der Waals surface area contributed by atoms with Crippen LogP contribution in [0.5, 0.6) is 11.5 Å². The molecule has 1 aliphatic rings. The molecule has 0 unspecified atom stereocenters. The summed E-state index contributed by atoms with van der Waals surface area (Å²) in [5.74, 6) is 1.33. The van der Waals surface area contributed by atoms with E-state index in [4.69, 9.17) is 9.47 Å². The van der Waals surface area contributed by atoms with Gasteiger partial charge in [0.2, 0.25) is 0 Å². The first-order chi connectivity index (χ1) is 10.8. The van der Waals surface area contributed by atoms with Gasteiger partial charge in [-0.25, -0.2) is 0 Å². The summed E-state index contributed by atoms with van der Waals surface area (Å²) in [6, 6.07) is 6.01. The van der Waals surface area contributed by atoms with Crippen molar-refractivity contribution in [3.05, 3.63) is 23.8 Å². The lowest BCUT2D eigenvalue weighted by atomic mass is 10.00. The summed E-state index contributed by atoms with van der Waals surface area (Å²) >= 11 is 0. The van der Waals surface area contributed by atoms with Crippen molar-refractivity contribution in [3.8, 4) is 11.5 Å². The molecule has 122 valence electrons. The summed E-state index contributed by atoms with van der Waals surface area (Å²) in [4.78, 5) is 13.4. The van der Waals surface area contributed by atoms with Crippen molar-refractivity contribution >= 4 is 6.29 Å². The Morgan fingerprint density at radius 3 is 2.91 bits per heavy atom. The lowest BCUT2D eigenvalue weighted by molar-refractivity contribution is 0.112. The fourth-order valence-electron chi connectivity index (χ4n) is 3.14. The van der Waals surface area contributed by atoms with Crippen molar-refractivity contribution in [2.75, 3.05) is 26.8 Å². The van der Waals surface area contributed by atoms with Gasteiger partial charge in [0, 0.05) is 18.2 Å². The van der Waals surface area contributed by atoms with Gasteiger partial charge in [0.25, 0.3) is 0 Å². The molecule has 0 spiro atoms. The number of carbonyl (C=O) groups is 1. The first kappa shape index (κ1) is 16.8. The normalized spacial score (nSPS) is 18.9. The summed E-state index contributed by atoms with van der Waals surface area (Å²) in [7, 11) is 1.59. The highest BCUT2D eigenvalue weighted by Crippen LogP contribution is 2.27. The van der Waals surface area contributed by atoms with E-state index in [1.54, 1.807) is 25.3 Å². The zero-order valence-electron chi connectivity index (χ0n) is 13.7. The van der Waals surface area contributed by atoms with Gasteiger partial charge in [-0.15, -0.1) is 0 Å². The maximum atomic E-state index is 10.8. The number of carbonyl (C=O) groups excluding carboxylic acids is 1. The monoisotopic (exact) mass is 305 g/mol. The van der Waals surface area contributed by atoms with Gasteiger partial charge in [0.1, 0.15) is 6.29 Å². The van der Waals surface area contributed by atoms with E-state index in [2.05, 4.69) is 11.8 Å². The van der Waals surface area contributed by atoms with Gasteiger partial charge < -0.3 is 14.4 Å². The zero-order valence-corrected chi connectivity index (χ0v) is 13.7. The number of likely N-dealkylation sites (tertiary alicyclic amines) is 1. The van der Waals surface area contributed by atoms with Gasteiger partial charge in [-0.2, -0.15) is 0 Å². The average molecular weight is 305 g/mol. The molecule has 4 heteroatoms. The standard InChI is InChI=1S/C18H27NO3/c1-3-16-7-4-5-10-19(16)11-6-12-22-17-9-8-15(14-20)13-18(17)21-2/h8-9,13-14,16H,3-7,10-12H2,1-2H3/t16-/m1/s1. The molecule has 4 nitrogen and oxygen atoms in total. The van der Waals surface area contributed by atoms with Crippen molar-refractivity contribution in [2.24, 2.45) is 0 Å². The Hall–Kier alpha value is -1.55. The smallest absolute Gasteiger partial charge is 0.161 e. The number of ether oxygens (including phenoxy) is 2. The number of hydrogen-bond donors (Lipinski definition) is 0. The molecule has 0 saturated carbocycles. The minimum atomic E-state index is 0.600. The van der Waals surface area contributed by atoms with Gasteiger partial charge in [-0.3, -0.25) is 4.79 Å². The average Bonchev–Trinajstić information content (AvgIpc) is 2.59. The first-order valence-electron chi connectivity index (χ1n) is 8.28. The lowest BCUT2D eigenvalue weighted by Crippen LogP contribution is -2.40. The predicted octanol–water partition coefficient (Wildman–Crippen LogP) is 3.54. The van der Waals surface area contributed by atoms with Crippen molar-refractivity contribution < 1.29 is 14.3 Å². The fraction of sp³-hybridized carbons (Fsp3) is 0.611. The minimum absolute atomic E-state index is 0.600. The molecule has 0 amide bonds. The third-order valence-corrected chi connectivity index (χ3v) is 4.39. The van der Waals surface area contributed by atoms with E-state index in [-0.39, 0.29) is 0 Å². The second-order valence-corrected chi connectivity index (χ2v) is 5.82. The molecule has 22 heavy (non-hydrogen) atoms. The quantitative estimate of drug-likeness (QED) is 0.544. The fourth-order valence-corrected chi connectivity index (χ4v) is 3.14. The van der Waals surface area contributed by atoms with E-state index >= 15 is 0 Å². The Balaban J connectivity index is 1.79. The van der Waals surface area contributed by atoms with E-state index in [1.807, 2.05) is 0 Å². The van der Waals surface area contributed by atoms with Crippen molar-refractivity contribution in [1.29, 1.82) is 0 Å². The summed E-state index contributed by atoms with van der Waals surface area (Å²) in [5.41, 5.74) is 0.600. The largest absolute Gasteiger partial charge is 0.493 e. The lowest BCUT2D eigenvalue weighted by Gasteiger charge is -2.35. The highest BCUT2D eigenvalue weighted by atomic mass is 16.5. The molecule has 1 saturated heterocycles. The van der Waals surface area contributed by atoms with Gasteiger partial charge in [-0.1, -0.05) is 13.3 Å². The Morgan fingerprint density at radius 1 is 1.32 bits per heavy atom. The molecule has 0 N–H and O–H groups in total. The number of piperidine rings is 1. The third-order valence-electron chi connectivity index (χ3n) is 4.39. The van der Waals surface area contributed by atoms with Crippen LogP contribution in [0.15, 0.2) is 18.2 Å². The number of aldehydes is 1. The predicted molar refractivity (Wildman–Crippen MR) is 88.0 cm³/mol. The summed E-state index contributed by atoms with van der Waals surface area (Å²) in [5, 5.41) is 0. The highest BCUT2D eigenvalue weighted by Gasteiger charge is 2.19. The van der Waals surface area contributed by atoms with Gasteiger partial charge in [0.15, 0.2) is 11.5 Å². The van der Waals surface area contributed by atoms with Crippen molar-refractivity contribution in [3.63, 3.8) is 0 Å². The third kappa shape index (κ3) is 4.47. The molecular formula is C18H27NO3. The molecule has 1 aromatic rings. The van der Waals surface area contributed by atoms with Crippen LogP contribution in [0.4, 0.5) is 0 Å². The Labute approximate surface area is 133 Å². The molecule has 1 aliphatic heterocycles. The van der Waals surface area contributed by atoms with Crippen LogP contribution in [-0.2, 0) is 0 Å². The van der Waals surface area contributed by atoms with Crippen molar-refractivity contribution in [1.82, 2.24) is 4.90 Å². The molecule has 1 aromatic carbocycles. The highest BCUT2D eigenvalue weighted by molar-refractivity contribution is 5.76. The molecule has 1 heterocycles. The van der Waals surface area contributed by atoms with E-state index in [0.29, 0.717) is 23.7 Å². The van der Waals surface area contributed by atoms with Gasteiger partial charge in [-0.05, 0) is 50.4 Å². The zero-order chi connectivity index (χ0) is 15.8. The topological polar surface area (TPSA) is 38.8 Å². The molecule has 0 radical (unpaired) electrons. The van der Waals surface area contributed by atoms with Crippen molar-refractivity contribution in [2.45, 2.75) is 45.1 Å². The van der Waals surface area contributed by atoms with Gasteiger partial charge in [0.05, 0.1) is 13.7 Å².